The van der Waals surface area contributed by atoms with E-state index in [1.165, 1.54) is 44.1 Å². The van der Waals surface area contributed by atoms with Crippen LogP contribution in [0.25, 0.3) is 0 Å². The summed E-state index contributed by atoms with van der Waals surface area (Å²) in [6.07, 6.45) is 22.8. The maximum absolute atomic E-state index is 12.9. The van der Waals surface area contributed by atoms with Crippen LogP contribution < -0.4 is 4.90 Å². The molecule has 0 aliphatic carbocycles. The Bertz CT molecular complexity index is 937. The van der Waals surface area contributed by atoms with Gasteiger partial charge in [0.15, 0.2) is 6.61 Å². The summed E-state index contributed by atoms with van der Waals surface area (Å²) in [5.41, 5.74) is 1.98. The van der Waals surface area contributed by atoms with Crippen LogP contribution in [-0.2, 0) is 20.7 Å². The molecule has 2 rings (SSSR count). The molecule has 0 heterocycles. The van der Waals surface area contributed by atoms with Gasteiger partial charge in [-0.05, 0) is 62.6 Å². The van der Waals surface area contributed by atoms with Gasteiger partial charge in [0.2, 0.25) is 0 Å². The molecule has 0 unspecified atom stereocenters. The first-order chi connectivity index (χ1) is 18.7. The van der Waals surface area contributed by atoms with Crippen molar-refractivity contribution < 1.29 is 14.3 Å². The van der Waals surface area contributed by atoms with Crippen molar-refractivity contribution in [3.63, 3.8) is 0 Å². The van der Waals surface area contributed by atoms with Gasteiger partial charge in [-0.3, -0.25) is 9.59 Å². The molecule has 0 bridgehead atoms. The Morgan fingerprint density at radius 1 is 0.737 bits per heavy atom. The smallest absolute Gasteiger partial charge is 0.306 e. The first-order valence-corrected chi connectivity index (χ1v) is 14.6. The Morgan fingerprint density at radius 3 is 2.03 bits per heavy atom. The number of amides is 1. The van der Waals surface area contributed by atoms with Gasteiger partial charge in [0.25, 0.3) is 5.91 Å². The third-order valence-corrected chi connectivity index (χ3v) is 6.52. The number of carbonyl (C=O) groups excluding carboxylic acids is 2. The molecule has 4 heteroatoms. The Balaban J connectivity index is 1.56. The van der Waals surface area contributed by atoms with E-state index in [0.717, 1.165) is 44.2 Å². The molecule has 0 aliphatic heterocycles. The van der Waals surface area contributed by atoms with Gasteiger partial charge in [-0.25, -0.2) is 0 Å². The van der Waals surface area contributed by atoms with Crippen LogP contribution in [0.2, 0.25) is 0 Å². The summed E-state index contributed by atoms with van der Waals surface area (Å²) < 4.78 is 5.33. The summed E-state index contributed by atoms with van der Waals surface area (Å²) in [6.45, 7) is 2.55. The lowest BCUT2D eigenvalue weighted by Gasteiger charge is -2.23. The average molecular weight is 518 g/mol. The Labute approximate surface area is 230 Å². The fourth-order valence-corrected chi connectivity index (χ4v) is 4.26. The summed E-state index contributed by atoms with van der Waals surface area (Å²) in [4.78, 5) is 26.8. The fraction of sp³-hybridized carbons (Fsp3) is 0.471. The van der Waals surface area contributed by atoms with Gasteiger partial charge in [0, 0.05) is 18.7 Å². The molecule has 0 radical (unpaired) electrons. The van der Waals surface area contributed by atoms with E-state index in [1.54, 1.807) is 4.90 Å². The molecule has 0 saturated heterocycles. The maximum Gasteiger partial charge on any atom is 0.306 e. The van der Waals surface area contributed by atoms with Crippen molar-refractivity contribution in [2.45, 2.75) is 90.4 Å². The van der Waals surface area contributed by atoms with Crippen molar-refractivity contribution in [3.05, 3.63) is 90.5 Å². The molecule has 0 aromatic heterocycles. The topological polar surface area (TPSA) is 46.6 Å². The van der Waals surface area contributed by atoms with Gasteiger partial charge in [-0.1, -0.05) is 112 Å². The normalized spacial score (nSPS) is 11.3. The van der Waals surface area contributed by atoms with Crippen LogP contribution in [0.15, 0.2) is 85.0 Å². The van der Waals surface area contributed by atoms with E-state index in [0.29, 0.717) is 13.0 Å². The minimum atomic E-state index is -0.292. The highest BCUT2D eigenvalue weighted by Crippen LogP contribution is 2.15. The zero-order chi connectivity index (χ0) is 27.1. The number of esters is 1. The number of carbonyl (C=O) groups is 2. The first kappa shape index (κ1) is 31.1. The number of allylic oxidation sites excluding steroid dienone is 4. The van der Waals surface area contributed by atoms with Crippen LogP contribution in [0.3, 0.4) is 0 Å². The summed E-state index contributed by atoms with van der Waals surface area (Å²) in [5, 5.41) is 0. The number of para-hydroxylation sites is 1. The molecule has 38 heavy (non-hydrogen) atoms. The average Bonchev–Trinajstić information content (AvgIpc) is 2.95. The second kappa shape index (κ2) is 20.9. The number of anilines is 1. The minimum Gasteiger partial charge on any atom is -0.456 e. The van der Waals surface area contributed by atoms with E-state index in [2.05, 4.69) is 43.4 Å². The highest BCUT2D eigenvalue weighted by atomic mass is 16.5. The van der Waals surface area contributed by atoms with Crippen LogP contribution >= 0.6 is 0 Å². The third kappa shape index (κ3) is 14.6. The highest BCUT2D eigenvalue weighted by Gasteiger charge is 2.17. The number of unbranched alkanes of at least 4 members (excludes halogenated alkanes) is 8. The van der Waals surface area contributed by atoms with Crippen molar-refractivity contribution in [2.75, 3.05) is 18.1 Å². The van der Waals surface area contributed by atoms with Crippen molar-refractivity contribution in [2.24, 2.45) is 0 Å². The van der Waals surface area contributed by atoms with Crippen LogP contribution in [0.4, 0.5) is 5.69 Å². The third-order valence-electron chi connectivity index (χ3n) is 6.52. The molecule has 0 fully saturated rings. The number of nitrogens with zero attached hydrogens (tertiary/aromatic N) is 1. The van der Waals surface area contributed by atoms with Crippen molar-refractivity contribution in [1.29, 1.82) is 0 Å². The molecule has 1 amide bonds. The lowest BCUT2D eigenvalue weighted by molar-refractivity contribution is -0.148. The molecule has 0 spiro atoms. The second-order valence-corrected chi connectivity index (χ2v) is 9.76. The van der Waals surface area contributed by atoms with Crippen LogP contribution in [0, 0.1) is 0 Å². The summed E-state index contributed by atoms with van der Waals surface area (Å²) in [7, 11) is 0. The van der Waals surface area contributed by atoms with E-state index in [1.807, 2.05) is 48.5 Å². The molecular weight excluding hydrogens is 470 g/mol. The van der Waals surface area contributed by atoms with Gasteiger partial charge in [0.05, 0.1) is 0 Å². The molecule has 206 valence electrons. The Hall–Kier alpha value is -3.14. The van der Waals surface area contributed by atoms with Crippen LogP contribution in [0.1, 0.15) is 89.5 Å². The fourth-order valence-electron chi connectivity index (χ4n) is 4.26. The van der Waals surface area contributed by atoms with E-state index in [4.69, 9.17) is 4.74 Å². The molecule has 4 nitrogen and oxygen atoms in total. The largest absolute Gasteiger partial charge is 0.456 e. The summed E-state index contributed by atoms with van der Waals surface area (Å²) in [5.74, 6) is -0.486. The Morgan fingerprint density at radius 2 is 1.34 bits per heavy atom. The van der Waals surface area contributed by atoms with Crippen molar-refractivity contribution in [3.8, 4) is 0 Å². The monoisotopic (exact) mass is 517 g/mol. The van der Waals surface area contributed by atoms with Gasteiger partial charge in [-0.2, -0.15) is 0 Å². The van der Waals surface area contributed by atoms with Crippen molar-refractivity contribution >= 4 is 17.6 Å². The van der Waals surface area contributed by atoms with Crippen LogP contribution in [0.5, 0.6) is 0 Å². The lowest BCUT2D eigenvalue weighted by atomic mass is 10.1. The zero-order valence-corrected chi connectivity index (χ0v) is 23.4. The molecule has 0 N–H and O–H groups in total. The predicted molar refractivity (Wildman–Crippen MR) is 159 cm³/mol. The van der Waals surface area contributed by atoms with Gasteiger partial charge >= 0.3 is 5.97 Å². The number of hydrogen-bond acceptors (Lipinski definition) is 3. The highest BCUT2D eigenvalue weighted by molar-refractivity contribution is 5.95. The first-order valence-electron chi connectivity index (χ1n) is 14.6. The number of benzene rings is 2. The molecular formula is C34H47NO3. The summed E-state index contributed by atoms with van der Waals surface area (Å²) >= 11 is 0. The molecule has 2 aromatic carbocycles. The van der Waals surface area contributed by atoms with E-state index >= 15 is 0 Å². The number of ether oxygens (including phenoxy) is 1. The maximum atomic E-state index is 12.9. The quantitative estimate of drug-likeness (QED) is 0.100. The van der Waals surface area contributed by atoms with Gasteiger partial charge in [-0.15, -0.1) is 0 Å². The Kier molecular flexibility index (Phi) is 17.1. The number of hydrogen-bond donors (Lipinski definition) is 0. The number of rotatable bonds is 20. The summed E-state index contributed by atoms with van der Waals surface area (Å²) in [6, 6.07) is 19.7. The molecule has 0 atom stereocenters. The lowest BCUT2D eigenvalue weighted by Crippen LogP contribution is -2.36. The van der Waals surface area contributed by atoms with Gasteiger partial charge < -0.3 is 9.64 Å². The molecule has 0 aliphatic rings. The molecule has 0 saturated carbocycles. The standard InChI is InChI=1S/C34H47NO3/c1-2-3-4-5-6-7-8-9-10-11-12-13-14-15-22-27-34(37)38-30-33(36)35(32-25-20-17-21-26-32)29-28-31-23-18-16-19-24-31/h6-7,9-10,16-21,23-26H,2-5,8,11-15,22,27-30H2,1H3. The predicted octanol–water partition coefficient (Wildman–Crippen LogP) is 8.62. The van der Waals surface area contributed by atoms with Gasteiger partial charge in [0.1, 0.15) is 0 Å². The SMILES string of the molecule is CCCCCC=CCC=CCCCCCCCC(=O)OCC(=O)N(CCc1ccccc1)c1ccccc1. The molecule has 2 aromatic rings. The van der Waals surface area contributed by atoms with E-state index < -0.39 is 0 Å². The van der Waals surface area contributed by atoms with Crippen LogP contribution in [-0.4, -0.2) is 25.0 Å². The minimum absolute atomic E-state index is 0.194. The zero-order valence-electron chi connectivity index (χ0n) is 23.4. The van der Waals surface area contributed by atoms with Crippen molar-refractivity contribution in [1.82, 2.24) is 0 Å². The van der Waals surface area contributed by atoms with E-state index in [-0.39, 0.29) is 18.5 Å². The second-order valence-electron chi connectivity index (χ2n) is 9.76. The van der Waals surface area contributed by atoms with E-state index in [9.17, 15) is 9.59 Å².